The fourth-order valence-corrected chi connectivity index (χ4v) is 10.6. The average Bonchev–Trinajstić information content (AvgIpc) is 3.35. The van der Waals surface area contributed by atoms with Gasteiger partial charge in [0.05, 0.1) is 39.9 Å². The van der Waals surface area contributed by atoms with Crippen molar-refractivity contribution in [3.05, 3.63) is 24.3 Å². The molecule has 0 aromatic carbocycles. The molecular weight excluding hydrogens is 924 g/mol. The highest BCUT2D eigenvalue weighted by Crippen LogP contribution is 2.38. The van der Waals surface area contributed by atoms with Crippen molar-refractivity contribution in [2.75, 3.05) is 40.9 Å². The second-order valence-electron chi connectivity index (χ2n) is 23.5. The third-order valence-electron chi connectivity index (χ3n) is 14.9. The monoisotopic (exact) mass is 1050 g/mol. The number of carbonyl (C=O) groups excluding carboxylic acids is 1. The molecule has 8 nitrogen and oxygen atoms in total. The number of rotatable bonds is 60. The molecule has 9 heteroatoms. The van der Waals surface area contributed by atoms with E-state index in [4.69, 9.17) is 9.05 Å². The highest BCUT2D eigenvalue weighted by molar-refractivity contribution is 7.45. The van der Waals surface area contributed by atoms with Crippen molar-refractivity contribution in [2.24, 2.45) is 0 Å². The fraction of sp³-hybridized carbons (Fsp3) is 0.922. The summed E-state index contributed by atoms with van der Waals surface area (Å²) in [6.45, 7) is 4.68. The highest BCUT2D eigenvalue weighted by atomic mass is 31.2. The van der Waals surface area contributed by atoms with Gasteiger partial charge in [0.25, 0.3) is 7.82 Å². The van der Waals surface area contributed by atoms with Gasteiger partial charge in [0.2, 0.25) is 5.91 Å². The van der Waals surface area contributed by atoms with Crippen molar-refractivity contribution in [3.8, 4) is 0 Å². The Morgan fingerprint density at radius 1 is 0.466 bits per heavy atom. The second-order valence-corrected chi connectivity index (χ2v) is 24.9. The van der Waals surface area contributed by atoms with Crippen molar-refractivity contribution in [2.45, 2.75) is 341 Å². The van der Waals surface area contributed by atoms with Crippen LogP contribution >= 0.6 is 7.82 Å². The lowest BCUT2D eigenvalue weighted by Crippen LogP contribution is -2.45. The zero-order valence-corrected chi connectivity index (χ0v) is 50.5. The maximum absolute atomic E-state index is 13.0. The van der Waals surface area contributed by atoms with Crippen LogP contribution in [0.15, 0.2) is 24.3 Å². The predicted octanol–water partition coefficient (Wildman–Crippen LogP) is 19.3. The van der Waals surface area contributed by atoms with Gasteiger partial charge in [-0.05, 0) is 32.1 Å². The van der Waals surface area contributed by atoms with Crippen molar-refractivity contribution in [1.29, 1.82) is 0 Å². The number of aliphatic hydroxyl groups excluding tert-OH is 1. The molecule has 434 valence electrons. The molecule has 0 saturated heterocycles. The van der Waals surface area contributed by atoms with Crippen LogP contribution in [0.2, 0.25) is 0 Å². The molecule has 0 radical (unpaired) electrons. The number of amides is 1. The quantitative estimate of drug-likeness (QED) is 0.0272. The predicted molar refractivity (Wildman–Crippen MR) is 316 cm³/mol. The SMILES string of the molecule is CCCCCCCCCCCCCC/C=C/CC/C=C/C(O)C(COP(=O)([O-])OCC[N+](C)(C)C)NC(=O)CCCCCCCCCCCCCCCCCCCCCCCCCCCCCCCCCCC. The van der Waals surface area contributed by atoms with Crippen LogP contribution in [0, 0.1) is 0 Å². The van der Waals surface area contributed by atoms with Crippen molar-refractivity contribution in [3.63, 3.8) is 0 Å². The minimum Gasteiger partial charge on any atom is -0.756 e. The van der Waals surface area contributed by atoms with E-state index >= 15 is 0 Å². The summed E-state index contributed by atoms with van der Waals surface area (Å²) < 4.78 is 23.4. The Hall–Kier alpha value is -1.02. The molecular formula is C64H127N2O6P. The van der Waals surface area contributed by atoms with Crippen LogP contribution in [0.25, 0.3) is 0 Å². The van der Waals surface area contributed by atoms with Gasteiger partial charge in [-0.15, -0.1) is 0 Å². The molecule has 3 atom stereocenters. The van der Waals surface area contributed by atoms with Gasteiger partial charge in [-0.25, -0.2) is 0 Å². The number of carbonyl (C=O) groups is 1. The smallest absolute Gasteiger partial charge is 0.268 e. The second kappa shape index (κ2) is 55.7. The summed E-state index contributed by atoms with van der Waals surface area (Å²) in [5.41, 5.74) is 0. The van der Waals surface area contributed by atoms with Gasteiger partial charge >= 0.3 is 0 Å². The maximum Gasteiger partial charge on any atom is 0.268 e. The number of nitrogens with zero attached hydrogens (tertiary/aromatic N) is 1. The minimum absolute atomic E-state index is 0.00366. The number of phosphoric acid groups is 1. The Bertz CT molecular complexity index is 1240. The van der Waals surface area contributed by atoms with E-state index < -0.39 is 20.0 Å². The Morgan fingerprint density at radius 2 is 0.767 bits per heavy atom. The van der Waals surface area contributed by atoms with Gasteiger partial charge in [-0.2, -0.15) is 0 Å². The number of likely N-dealkylation sites (N-methyl/N-ethyl adjacent to an activating group) is 1. The summed E-state index contributed by atoms with van der Waals surface area (Å²) >= 11 is 0. The lowest BCUT2D eigenvalue weighted by molar-refractivity contribution is -0.870. The van der Waals surface area contributed by atoms with Crippen molar-refractivity contribution >= 4 is 13.7 Å². The molecule has 0 heterocycles. The van der Waals surface area contributed by atoms with Crippen LogP contribution in [0.5, 0.6) is 0 Å². The lowest BCUT2D eigenvalue weighted by Gasteiger charge is -2.29. The molecule has 0 saturated carbocycles. The van der Waals surface area contributed by atoms with E-state index in [9.17, 15) is 19.4 Å². The summed E-state index contributed by atoms with van der Waals surface area (Å²) in [5.74, 6) is -0.200. The molecule has 1 amide bonds. The van der Waals surface area contributed by atoms with Gasteiger partial charge in [0.15, 0.2) is 0 Å². The summed E-state index contributed by atoms with van der Waals surface area (Å²) in [6.07, 6.45) is 71.5. The third-order valence-corrected chi connectivity index (χ3v) is 15.9. The van der Waals surface area contributed by atoms with Crippen LogP contribution in [-0.2, 0) is 18.4 Å². The fourth-order valence-electron chi connectivity index (χ4n) is 9.88. The van der Waals surface area contributed by atoms with E-state index in [0.717, 1.165) is 38.5 Å². The first-order valence-corrected chi connectivity index (χ1v) is 33.7. The number of phosphoric ester groups is 1. The van der Waals surface area contributed by atoms with Gasteiger partial charge in [0.1, 0.15) is 13.2 Å². The number of unbranched alkanes of at least 4 members (excludes halogenated alkanes) is 45. The van der Waals surface area contributed by atoms with Crippen LogP contribution in [0.1, 0.15) is 328 Å². The largest absolute Gasteiger partial charge is 0.756 e. The van der Waals surface area contributed by atoms with Crippen LogP contribution < -0.4 is 10.2 Å². The summed E-state index contributed by atoms with van der Waals surface area (Å²) in [6, 6.07) is -0.900. The van der Waals surface area contributed by atoms with Gasteiger partial charge in [0, 0.05) is 6.42 Å². The summed E-state index contributed by atoms with van der Waals surface area (Å²) in [7, 11) is 1.26. The lowest BCUT2D eigenvalue weighted by atomic mass is 10.0. The zero-order valence-electron chi connectivity index (χ0n) is 49.6. The number of aliphatic hydroxyl groups is 1. The highest BCUT2D eigenvalue weighted by Gasteiger charge is 2.23. The molecule has 2 N–H and O–H groups in total. The molecule has 0 aromatic rings. The van der Waals surface area contributed by atoms with E-state index in [1.54, 1.807) is 6.08 Å². The van der Waals surface area contributed by atoms with Gasteiger partial charge in [-0.1, -0.05) is 314 Å². The van der Waals surface area contributed by atoms with E-state index in [1.807, 2.05) is 27.2 Å². The van der Waals surface area contributed by atoms with Gasteiger partial charge < -0.3 is 28.8 Å². The minimum atomic E-state index is -4.60. The van der Waals surface area contributed by atoms with E-state index in [1.165, 1.54) is 270 Å². The first-order valence-electron chi connectivity index (χ1n) is 32.2. The van der Waals surface area contributed by atoms with Crippen molar-refractivity contribution < 1.29 is 32.9 Å². The number of hydrogen-bond acceptors (Lipinski definition) is 6. The molecule has 3 unspecified atom stereocenters. The first kappa shape index (κ1) is 72.0. The number of quaternary nitrogens is 1. The average molecular weight is 1050 g/mol. The molecule has 0 spiro atoms. The van der Waals surface area contributed by atoms with Crippen molar-refractivity contribution in [1.82, 2.24) is 5.32 Å². The molecule has 0 aliphatic rings. The third kappa shape index (κ3) is 58.5. The molecule has 0 aliphatic heterocycles. The molecule has 0 bridgehead atoms. The van der Waals surface area contributed by atoms with E-state index in [-0.39, 0.29) is 19.1 Å². The van der Waals surface area contributed by atoms with Crippen LogP contribution in [0.3, 0.4) is 0 Å². The van der Waals surface area contributed by atoms with Gasteiger partial charge in [-0.3, -0.25) is 9.36 Å². The van der Waals surface area contributed by atoms with Crippen LogP contribution in [-0.4, -0.2) is 68.5 Å². The summed E-state index contributed by atoms with van der Waals surface area (Å²) in [5, 5.41) is 13.9. The number of nitrogens with one attached hydrogen (secondary N) is 1. The first-order chi connectivity index (χ1) is 35.5. The molecule has 0 fully saturated rings. The Kier molecular flexibility index (Phi) is 54.9. The van der Waals surface area contributed by atoms with E-state index in [2.05, 4.69) is 31.3 Å². The topological polar surface area (TPSA) is 108 Å². The van der Waals surface area contributed by atoms with E-state index in [0.29, 0.717) is 17.4 Å². The molecule has 0 aromatic heterocycles. The summed E-state index contributed by atoms with van der Waals surface area (Å²) in [4.78, 5) is 25.5. The maximum atomic E-state index is 13.0. The Morgan fingerprint density at radius 3 is 1.11 bits per heavy atom. The molecule has 0 rings (SSSR count). The normalized spacial score (nSPS) is 13.9. The van der Waals surface area contributed by atoms with Crippen LogP contribution in [0.4, 0.5) is 0 Å². The number of allylic oxidation sites excluding steroid dienone is 3. The Labute approximate surface area is 455 Å². The Balaban J connectivity index is 4.02. The molecule has 0 aliphatic carbocycles. The number of hydrogen-bond donors (Lipinski definition) is 2. The molecule has 73 heavy (non-hydrogen) atoms. The zero-order chi connectivity index (χ0) is 53.5. The standard InChI is InChI=1S/C64H127N2O6P/c1-6-8-10-12-14-16-18-20-22-24-26-27-28-29-30-31-32-33-34-35-36-37-38-39-40-42-44-46-48-50-52-54-56-58-64(68)65-62(61-72-73(69,70)71-60-59-66(3,4)5)63(67)57-55-53-51-49-47-45-43-41-25-23-21-19-17-15-13-11-9-7-2/h47,49,55,57,62-63,67H,6-46,48,50-54,56,58-61H2,1-5H3,(H-,65,68,69,70)/b49-47+,57-55+.